The maximum Gasteiger partial charge on any atom is 0.266 e. The van der Waals surface area contributed by atoms with Crippen LogP contribution in [0.3, 0.4) is 0 Å². The molecule has 0 radical (unpaired) electrons. The monoisotopic (exact) mass is 253 g/mol. The van der Waals surface area contributed by atoms with Crippen molar-refractivity contribution < 1.29 is 9.18 Å². The average molecular weight is 253 g/mol. The molecule has 2 atom stereocenters. The smallest absolute Gasteiger partial charge is 0.266 e. The highest BCUT2D eigenvalue weighted by Gasteiger charge is 2.48. The van der Waals surface area contributed by atoms with Crippen molar-refractivity contribution >= 4 is 36.5 Å². The predicted octanol–water partition coefficient (Wildman–Crippen LogP) is -0.444. The molecule has 1 saturated heterocycles. The van der Waals surface area contributed by atoms with Gasteiger partial charge in [-0.15, -0.1) is 11.3 Å². The summed E-state index contributed by atoms with van der Waals surface area (Å²) in [6.07, 6.45) is -1.68. The van der Waals surface area contributed by atoms with Crippen molar-refractivity contribution in [1.82, 2.24) is 10.2 Å². The zero-order chi connectivity index (χ0) is 12.8. The lowest BCUT2D eigenvalue weighted by Crippen LogP contribution is -2.64. The highest BCUT2D eigenvalue weighted by Crippen LogP contribution is 2.33. The Bertz CT molecular complexity index is 492. The van der Waals surface area contributed by atoms with Crippen LogP contribution in [0, 0.1) is 5.41 Å². The van der Waals surface area contributed by atoms with Crippen molar-refractivity contribution in [1.29, 1.82) is 5.41 Å². The summed E-state index contributed by atoms with van der Waals surface area (Å²) in [6.45, 7) is 1.61. The second kappa shape index (κ2) is 3.84. The van der Waals surface area contributed by atoms with E-state index in [1.54, 1.807) is 6.92 Å². The minimum absolute atomic E-state index is 0.0718. The Kier molecular flexibility index (Phi) is 2.73. The van der Waals surface area contributed by atoms with Gasteiger partial charge in [-0.3, -0.25) is 15.1 Å². The summed E-state index contributed by atoms with van der Waals surface area (Å²) >= 11 is 1.39. The first-order valence-electron chi connectivity index (χ1n) is 5.20. The fraction of sp³-hybridized carbons (Fsp3) is 0.400. The highest BCUT2D eigenvalue weighted by atomic mass is 32.1. The molecule has 0 bridgehead atoms. The van der Waals surface area contributed by atoms with E-state index >= 15 is 0 Å². The molecule has 0 saturated carbocycles. The summed E-state index contributed by atoms with van der Waals surface area (Å²) in [5.74, 6) is -0.750. The Hall–Kier alpha value is -1.37. The fourth-order valence-corrected chi connectivity index (χ4v) is 2.84. The maximum atomic E-state index is 14.2. The molecule has 1 amide bonds. The third kappa shape index (κ3) is 1.74. The third-order valence-corrected chi connectivity index (χ3v) is 4.30. The van der Waals surface area contributed by atoms with Crippen molar-refractivity contribution in [3.63, 3.8) is 0 Å². The van der Waals surface area contributed by atoms with Crippen LogP contribution in [0.1, 0.15) is 11.8 Å². The van der Waals surface area contributed by atoms with Crippen LogP contribution < -0.4 is 10.8 Å². The van der Waals surface area contributed by atoms with Gasteiger partial charge in [0.1, 0.15) is 13.4 Å². The number of guanidine groups is 1. The molecule has 2 N–H and O–H groups in total. The number of rotatable bonds is 1. The Morgan fingerprint density at radius 2 is 2.35 bits per heavy atom. The molecule has 0 unspecified atom stereocenters. The zero-order valence-corrected chi connectivity index (χ0v) is 10.7. The van der Waals surface area contributed by atoms with Crippen LogP contribution in [-0.4, -0.2) is 37.8 Å². The van der Waals surface area contributed by atoms with Gasteiger partial charge in [0.2, 0.25) is 6.17 Å². The van der Waals surface area contributed by atoms with Gasteiger partial charge in [0.15, 0.2) is 5.96 Å². The number of carbonyl (C=O) groups is 1. The van der Waals surface area contributed by atoms with Gasteiger partial charge in [-0.05, 0) is 12.3 Å². The second-order valence-corrected chi connectivity index (χ2v) is 5.34. The first kappa shape index (κ1) is 12.1. The Balaban J connectivity index is 2.43. The zero-order valence-electron chi connectivity index (χ0n) is 9.87. The lowest BCUT2D eigenvalue weighted by molar-refractivity contribution is -0.136. The summed E-state index contributed by atoms with van der Waals surface area (Å²) in [5.41, 5.74) is -0.113. The summed E-state index contributed by atoms with van der Waals surface area (Å²) < 4.78 is 14.2. The first-order valence-corrected chi connectivity index (χ1v) is 6.08. The number of amides is 1. The number of carbonyl (C=O) groups excluding carboxylic acids is 1. The number of thiophene rings is 1. The van der Waals surface area contributed by atoms with Crippen LogP contribution in [0.4, 0.5) is 4.39 Å². The van der Waals surface area contributed by atoms with Gasteiger partial charge in [0.25, 0.3) is 5.91 Å². The summed E-state index contributed by atoms with van der Waals surface area (Å²) in [6, 6.07) is 1.84. The minimum atomic E-state index is -1.68. The van der Waals surface area contributed by atoms with E-state index < -0.39 is 17.6 Å². The molecular formula is C10H13BFN3OS. The van der Waals surface area contributed by atoms with E-state index in [4.69, 9.17) is 5.41 Å². The number of hydrogen-bond donors (Lipinski definition) is 2. The quantitative estimate of drug-likeness (QED) is 0.666. The van der Waals surface area contributed by atoms with Crippen LogP contribution in [0.15, 0.2) is 11.4 Å². The summed E-state index contributed by atoms with van der Waals surface area (Å²) in [5, 5.41) is 12.3. The normalized spacial score (nSPS) is 29.4. The van der Waals surface area contributed by atoms with Crippen molar-refractivity contribution in [2.75, 3.05) is 7.05 Å². The number of nitrogens with zero attached hydrogens (tertiary/aromatic N) is 1. The van der Waals surface area contributed by atoms with Crippen LogP contribution in [-0.2, 0) is 10.3 Å². The molecule has 17 heavy (non-hydrogen) atoms. The minimum Gasteiger partial charge on any atom is -0.342 e. The van der Waals surface area contributed by atoms with Gasteiger partial charge in [-0.1, -0.05) is 11.5 Å². The fourth-order valence-electron chi connectivity index (χ4n) is 1.81. The Morgan fingerprint density at radius 1 is 1.71 bits per heavy atom. The predicted molar refractivity (Wildman–Crippen MR) is 68.4 cm³/mol. The SMILES string of the molecule is Bc1csc([C@@]2(C)NC(=N)N(C)C(=O)[C@@H]2F)c1. The summed E-state index contributed by atoms with van der Waals surface area (Å²) in [4.78, 5) is 13.4. The number of nitrogens with one attached hydrogen (secondary N) is 2. The highest BCUT2D eigenvalue weighted by molar-refractivity contribution is 7.11. The lowest BCUT2D eigenvalue weighted by Gasteiger charge is -2.41. The number of alkyl halides is 1. The van der Waals surface area contributed by atoms with Crippen molar-refractivity contribution in [2.24, 2.45) is 0 Å². The maximum absolute atomic E-state index is 14.2. The molecule has 0 aliphatic carbocycles. The third-order valence-electron chi connectivity index (χ3n) is 3.01. The van der Waals surface area contributed by atoms with Crippen molar-refractivity contribution in [3.8, 4) is 0 Å². The lowest BCUT2D eigenvalue weighted by atomic mass is 9.89. The molecule has 7 heteroatoms. The van der Waals surface area contributed by atoms with Crippen LogP contribution in [0.5, 0.6) is 0 Å². The first-order chi connectivity index (χ1) is 7.86. The Morgan fingerprint density at radius 3 is 2.88 bits per heavy atom. The van der Waals surface area contributed by atoms with E-state index in [-0.39, 0.29) is 5.96 Å². The molecule has 0 spiro atoms. The van der Waals surface area contributed by atoms with Gasteiger partial charge >= 0.3 is 0 Å². The van der Waals surface area contributed by atoms with Gasteiger partial charge in [0.05, 0.1) is 0 Å². The molecule has 0 aromatic carbocycles. The largest absolute Gasteiger partial charge is 0.342 e. The van der Waals surface area contributed by atoms with E-state index in [0.717, 1.165) is 15.2 Å². The molecule has 4 nitrogen and oxygen atoms in total. The van der Waals surface area contributed by atoms with E-state index in [2.05, 4.69) is 5.32 Å². The molecule has 1 aliphatic heterocycles. The molecule has 1 aliphatic rings. The van der Waals surface area contributed by atoms with Gasteiger partial charge in [-0.2, -0.15) is 0 Å². The van der Waals surface area contributed by atoms with Gasteiger partial charge < -0.3 is 5.32 Å². The molecular weight excluding hydrogens is 240 g/mol. The van der Waals surface area contributed by atoms with E-state index in [1.807, 2.05) is 19.3 Å². The number of hydrogen-bond acceptors (Lipinski definition) is 3. The van der Waals surface area contributed by atoms with Crippen molar-refractivity contribution in [2.45, 2.75) is 18.6 Å². The standard InChI is InChI=1S/C10H13BFN3OS/c1-10(6-3-5(11)4-17-6)7(12)8(16)15(2)9(13)14-10/h3-4,7H,11H2,1-2H3,(H2,13,14)/t7-,10+/m0/s1. The molecule has 2 rings (SSSR count). The van der Waals surface area contributed by atoms with Crippen LogP contribution in [0.2, 0.25) is 0 Å². The van der Waals surface area contributed by atoms with Gasteiger partial charge in [0, 0.05) is 11.9 Å². The van der Waals surface area contributed by atoms with Crippen molar-refractivity contribution in [3.05, 3.63) is 16.3 Å². The summed E-state index contributed by atoms with van der Waals surface area (Å²) in [7, 11) is 3.31. The van der Waals surface area contributed by atoms with E-state index in [9.17, 15) is 9.18 Å². The molecule has 90 valence electrons. The molecule has 2 heterocycles. The molecule has 1 aromatic heterocycles. The second-order valence-electron chi connectivity index (χ2n) is 4.42. The van der Waals surface area contributed by atoms with Crippen LogP contribution >= 0.6 is 11.3 Å². The topological polar surface area (TPSA) is 56.2 Å². The molecule has 1 aromatic rings. The molecule has 1 fully saturated rings. The average Bonchev–Trinajstić information content (AvgIpc) is 2.71. The Labute approximate surface area is 104 Å². The van der Waals surface area contributed by atoms with Crippen LogP contribution in [0.25, 0.3) is 0 Å². The number of halogens is 1. The van der Waals surface area contributed by atoms with Gasteiger partial charge in [-0.25, -0.2) is 4.39 Å². The van der Waals surface area contributed by atoms with E-state index in [1.165, 1.54) is 18.4 Å². The van der Waals surface area contributed by atoms with E-state index in [0.29, 0.717) is 0 Å².